The van der Waals surface area contributed by atoms with Crippen molar-refractivity contribution in [2.24, 2.45) is 11.8 Å². The zero-order valence-corrected chi connectivity index (χ0v) is 16.2. The SMILES string of the molecule is CC(C)CN1CCOC(CNC(=O)C(NC(=O)c2ccco2)C(C)C)C1. The molecule has 2 N–H and O–H groups in total. The van der Waals surface area contributed by atoms with Crippen molar-refractivity contribution in [3.05, 3.63) is 24.2 Å². The zero-order chi connectivity index (χ0) is 19.1. The number of nitrogens with zero attached hydrogens (tertiary/aromatic N) is 1. The standard InChI is InChI=1S/C19H31N3O4/c1-13(2)11-22-7-9-25-15(12-22)10-20-19(24)17(14(3)4)21-18(23)16-6-5-8-26-16/h5-6,8,13-15,17H,7,9-12H2,1-4H3,(H,20,24)(H,21,23). The van der Waals surface area contributed by atoms with E-state index in [4.69, 9.17) is 9.15 Å². The summed E-state index contributed by atoms with van der Waals surface area (Å²) < 4.78 is 10.8. The average molecular weight is 365 g/mol. The monoisotopic (exact) mass is 365 g/mol. The summed E-state index contributed by atoms with van der Waals surface area (Å²) in [7, 11) is 0. The highest BCUT2D eigenvalue weighted by atomic mass is 16.5. The van der Waals surface area contributed by atoms with Gasteiger partial charge in [0.05, 0.1) is 19.0 Å². The van der Waals surface area contributed by atoms with Crippen LogP contribution in [0, 0.1) is 11.8 Å². The molecule has 2 atom stereocenters. The van der Waals surface area contributed by atoms with Crippen LogP contribution >= 0.6 is 0 Å². The van der Waals surface area contributed by atoms with Crippen LogP contribution in [0.5, 0.6) is 0 Å². The van der Waals surface area contributed by atoms with Gasteiger partial charge in [0.25, 0.3) is 5.91 Å². The number of furan rings is 1. The van der Waals surface area contributed by atoms with Crippen LogP contribution in [0.2, 0.25) is 0 Å². The molecular weight excluding hydrogens is 334 g/mol. The van der Waals surface area contributed by atoms with Gasteiger partial charge in [-0.25, -0.2) is 0 Å². The van der Waals surface area contributed by atoms with Crippen LogP contribution < -0.4 is 10.6 Å². The average Bonchev–Trinajstić information content (AvgIpc) is 3.11. The van der Waals surface area contributed by atoms with E-state index in [9.17, 15) is 9.59 Å². The highest BCUT2D eigenvalue weighted by Crippen LogP contribution is 2.09. The van der Waals surface area contributed by atoms with Crippen LogP contribution in [0.25, 0.3) is 0 Å². The summed E-state index contributed by atoms with van der Waals surface area (Å²) in [5, 5.41) is 5.67. The molecule has 0 aliphatic carbocycles. The highest BCUT2D eigenvalue weighted by molar-refractivity contribution is 5.95. The summed E-state index contributed by atoms with van der Waals surface area (Å²) in [6.07, 6.45) is 1.41. The maximum atomic E-state index is 12.6. The van der Waals surface area contributed by atoms with Crippen molar-refractivity contribution in [3.63, 3.8) is 0 Å². The first-order valence-electron chi connectivity index (χ1n) is 9.32. The van der Waals surface area contributed by atoms with E-state index in [1.54, 1.807) is 12.1 Å². The molecule has 7 heteroatoms. The largest absolute Gasteiger partial charge is 0.459 e. The van der Waals surface area contributed by atoms with Gasteiger partial charge in [-0.1, -0.05) is 27.7 Å². The van der Waals surface area contributed by atoms with E-state index < -0.39 is 6.04 Å². The Morgan fingerprint density at radius 2 is 2.08 bits per heavy atom. The summed E-state index contributed by atoms with van der Waals surface area (Å²) >= 11 is 0. The van der Waals surface area contributed by atoms with Crippen molar-refractivity contribution < 1.29 is 18.7 Å². The number of morpholine rings is 1. The van der Waals surface area contributed by atoms with E-state index in [0.717, 1.165) is 19.6 Å². The van der Waals surface area contributed by atoms with E-state index in [2.05, 4.69) is 29.4 Å². The fraction of sp³-hybridized carbons (Fsp3) is 0.684. The van der Waals surface area contributed by atoms with Gasteiger partial charge in [-0.2, -0.15) is 0 Å². The molecule has 1 aromatic rings. The van der Waals surface area contributed by atoms with Crippen molar-refractivity contribution in [2.75, 3.05) is 32.8 Å². The van der Waals surface area contributed by atoms with Crippen LogP contribution in [0.4, 0.5) is 0 Å². The van der Waals surface area contributed by atoms with Gasteiger partial charge in [-0.05, 0) is 24.0 Å². The number of carbonyl (C=O) groups excluding carboxylic acids is 2. The van der Waals surface area contributed by atoms with Crippen molar-refractivity contribution in [1.82, 2.24) is 15.5 Å². The van der Waals surface area contributed by atoms with E-state index in [1.165, 1.54) is 6.26 Å². The number of hydrogen-bond acceptors (Lipinski definition) is 5. The summed E-state index contributed by atoms with van der Waals surface area (Å²) in [5.74, 6) is 0.165. The van der Waals surface area contributed by atoms with Gasteiger partial charge >= 0.3 is 0 Å². The maximum absolute atomic E-state index is 12.6. The summed E-state index contributed by atoms with van der Waals surface area (Å²) in [6, 6.07) is 2.59. The van der Waals surface area contributed by atoms with Crippen molar-refractivity contribution in [1.29, 1.82) is 0 Å². The first-order chi connectivity index (χ1) is 12.4. The minimum atomic E-state index is -0.622. The summed E-state index contributed by atoms with van der Waals surface area (Å²) in [5.41, 5.74) is 0. The van der Waals surface area contributed by atoms with Gasteiger partial charge in [0.1, 0.15) is 6.04 Å². The Balaban J connectivity index is 1.84. The molecule has 26 heavy (non-hydrogen) atoms. The predicted molar refractivity (Wildman–Crippen MR) is 98.8 cm³/mol. The van der Waals surface area contributed by atoms with Crippen LogP contribution in [0.3, 0.4) is 0 Å². The van der Waals surface area contributed by atoms with Gasteiger partial charge in [-0.3, -0.25) is 14.5 Å². The third-order valence-corrected chi connectivity index (χ3v) is 4.33. The molecule has 1 fully saturated rings. The molecule has 0 spiro atoms. The van der Waals surface area contributed by atoms with Crippen LogP contribution in [0.1, 0.15) is 38.2 Å². The van der Waals surface area contributed by atoms with E-state index >= 15 is 0 Å². The number of carbonyl (C=O) groups is 2. The summed E-state index contributed by atoms with van der Waals surface area (Å²) in [6.45, 7) is 12.1. The molecule has 2 heterocycles. The second-order valence-electron chi connectivity index (χ2n) is 7.56. The van der Waals surface area contributed by atoms with Gasteiger partial charge in [0.2, 0.25) is 5.91 Å². The van der Waals surface area contributed by atoms with Crippen LogP contribution in [0.15, 0.2) is 22.8 Å². The predicted octanol–water partition coefficient (Wildman–Crippen LogP) is 1.51. The van der Waals surface area contributed by atoms with Crippen LogP contribution in [-0.2, 0) is 9.53 Å². The molecule has 0 radical (unpaired) electrons. The fourth-order valence-corrected chi connectivity index (χ4v) is 3.07. The molecule has 1 aliphatic heterocycles. The molecule has 7 nitrogen and oxygen atoms in total. The smallest absolute Gasteiger partial charge is 0.287 e. The normalized spacial score (nSPS) is 19.5. The number of hydrogen-bond donors (Lipinski definition) is 2. The molecule has 146 valence electrons. The Bertz CT molecular complexity index is 571. The van der Waals surface area contributed by atoms with Crippen molar-refractivity contribution in [2.45, 2.75) is 39.8 Å². The molecule has 0 aromatic carbocycles. The Hall–Kier alpha value is -1.86. The molecule has 2 unspecified atom stereocenters. The molecule has 0 bridgehead atoms. The van der Waals surface area contributed by atoms with Gasteiger partial charge in [0, 0.05) is 26.2 Å². The minimum absolute atomic E-state index is 0.0277. The zero-order valence-electron chi connectivity index (χ0n) is 16.2. The third kappa shape index (κ3) is 6.14. The van der Waals surface area contributed by atoms with Crippen molar-refractivity contribution in [3.8, 4) is 0 Å². The molecule has 2 rings (SSSR count). The van der Waals surface area contributed by atoms with E-state index in [-0.39, 0.29) is 29.6 Å². The fourth-order valence-electron chi connectivity index (χ4n) is 3.07. The second kappa shape index (κ2) is 9.73. The lowest BCUT2D eigenvalue weighted by Gasteiger charge is -2.34. The second-order valence-corrected chi connectivity index (χ2v) is 7.56. The number of amides is 2. The Morgan fingerprint density at radius 1 is 1.31 bits per heavy atom. The van der Waals surface area contributed by atoms with Gasteiger partial charge < -0.3 is 19.8 Å². The first kappa shape index (κ1) is 20.5. The van der Waals surface area contributed by atoms with Gasteiger partial charge in [-0.15, -0.1) is 0 Å². The lowest BCUT2D eigenvalue weighted by atomic mass is 10.0. The molecule has 2 amide bonds. The number of rotatable bonds is 8. The third-order valence-electron chi connectivity index (χ3n) is 4.33. The number of ether oxygens (including phenoxy) is 1. The molecule has 1 aliphatic rings. The Morgan fingerprint density at radius 3 is 2.69 bits per heavy atom. The quantitative estimate of drug-likeness (QED) is 0.729. The van der Waals surface area contributed by atoms with Gasteiger partial charge in [0.15, 0.2) is 5.76 Å². The molecule has 1 saturated heterocycles. The maximum Gasteiger partial charge on any atom is 0.287 e. The minimum Gasteiger partial charge on any atom is -0.459 e. The topological polar surface area (TPSA) is 83.8 Å². The van der Waals surface area contributed by atoms with Crippen LogP contribution in [-0.4, -0.2) is 61.6 Å². The lowest BCUT2D eigenvalue weighted by molar-refractivity contribution is -0.125. The Labute approximate surface area is 155 Å². The van der Waals surface area contributed by atoms with E-state index in [0.29, 0.717) is 19.1 Å². The molecular formula is C19H31N3O4. The highest BCUT2D eigenvalue weighted by Gasteiger charge is 2.27. The summed E-state index contributed by atoms with van der Waals surface area (Å²) in [4.78, 5) is 27.1. The van der Waals surface area contributed by atoms with E-state index in [1.807, 2.05) is 13.8 Å². The van der Waals surface area contributed by atoms with Crippen molar-refractivity contribution >= 4 is 11.8 Å². The Kier molecular flexibility index (Phi) is 7.66. The molecule has 1 aromatic heterocycles. The lowest BCUT2D eigenvalue weighted by Crippen LogP contribution is -2.53. The molecule has 0 saturated carbocycles. The number of nitrogens with one attached hydrogen (secondary N) is 2. The first-order valence-corrected chi connectivity index (χ1v) is 9.32.